The Morgan fingerprint density at radius 2 is 1.90 bits per heavy atom. The van der Waals surface area contributed by atoms with Crippen LogP contribution in [-0.4, -0.2) is 23.2 Å². The standard InChI is InChI=1S/C16H19NO3S/c1-16(2,3)13-12(15(18)19)21-14(17-13)11(20-4)10-8-6-5-7-9-10/h5-9,11H,1-4H3,(H,18,19). The molecule has 1 unspecified atom stereocenters. The Kier molecular flexibility index (Phi) is 4.44. The lowest BCUT2D eigenvalue weighted by Gasteiger charge is -2.16. The lowest BCUT2D eigenvalue weighted by Crippen LogP contribution is -2.16. The molecule has 0 amide bonds. The molecule has 4 nitrogen and oxygen atoms in total. The van der Waals surface area contributed by atoms with Gasteiger partial charge in [0.05, 0.1) is 5.69 Å². The number of rotatable bonds is 4. The molecule has 0 aliphatic heterocycles. The summed E-state index contributed by atoms with van der Waals surface area (Å²) < 4.78 is 5.54. The number of aromatic nitrogens is 1. The molecule has 0 spiro atoms. The minimum absolute atomic E-state index is 0.287. The van der Waals surface area contributed by atoms with Gasteiger partial charge in [-0.05, 0) is 5.56 Å². The smallest absolute Gasteiger partial charge is 0.347 e. The third-order valence-electron chi connectivity index (χ3n) is 3.11. The fourth-order valence-corrected chi connectivity index (χ4v) is 3.33. The molecule has 1 atom stereocenters. The zero-order valence-electron chi connectivity index (χ0n) is 12.6. The number of hydrogen-bond donors (Lipinski definition) is 1. The van der Waals surface area contributed by atoms with Crippen LogP contribution in [-0.2, 0) is 10.2 Å². The van der Waals surface area contributed by atoms with Gasteiger partial charge in [0.2, 0.25) is 0 Å². The van der Waals surface area contributed by atoms with Crippen LogP contribution in [0.2, 0.25) is 0 Å². The predicted molar refractivity (Wildman–Crippen MR) is 83.1 cm³/mol. The van der Waals surface area contributed by atoms with Gasteiger partial charge < -0.3 is 9.84 Å². The van der Waals surface area contributed by atoms with Crippen LogP contribution in [0.4, 0.5) is 0 Å². The Bertz CT molecular complexity index is 629. The number of carboxylic acids is 1. The van der Waals surface area contributed by atoms with E-state index in [1.807, 2.05) is 51.1 Å². The van der Waals surface area contributed by atoms with Gasteiger partial charge in [0.25, 0.3) is 0 Å². The zero-order valence-corrected chi connectivity index (χ0v) is 13.4. The monoisotopic (exact) mass is 305 g/mol. The number of carboxylic acid groups (broad SMARTS) is 1. The predicted octanol–water partition coefficient (Wildman–Crippen LogP) is 3.87. The first-order chi connectivity index (χ1) is 9.84. The highest BCUT2D eigenvalue weighted by Crippen LogP contribution is 2.35. The van der Waals surface area contributed by atoms with Gasteiger partial charge in [-0.15, -0.1) is 11.3 Å². The number of aromatic carboxylic acids is 1. The number of nitrogens with zero attached hydrogens (tertiary/aromatic N) is 1. The van der Waals surface area contributed by atoms with Crippen LogP contribution in [0, 0.1) is 0 Å². The number of ether oxygens (including phenoxy) is 1. The lowest BCUT2D eigenvalue weighted by molar-refractivity contribution is 0.0699. The van der Waals surface area contributed by atoms with Crippen molar-refractivity contribution in [2.24, 2.45) is 0 Å². The van der Waals surface area contributed by atoms with E-state index < -0.39 is 5.97 Å². The van der Waals surface area contributed by atoms with Crippen molar-refractivity contribution >= 4 is 17.3 Å². The van der Waals surface area contributed by atoms with Crippen molar-refractivity contribution in [1.29, 1.82) is 0 Å². The normalized spacial score (nSPS) is 13.1. The molecule has 0 fully saturated rings. The van der Waals surface area contributed by atoms with Crippen LogP contribution in [0.5, 0.6) is 0 Å². The van der Waals surface area contributed by atoms with Crippen molar-refractivity contribution < 1.29 is 14.6 Å². The van der Waals surface area contributed by atoms with E-state index in [1.54, 1.807) is 7.11 Å². The molecule has 0 aliphatic rings. The summed E-state index contributed by atoms with van der Waals surface area (Å²) in [6.07, 6.45) is -0.342. The van der Waals surface area contributed by atoms with Gasteiger partial charge in [-0.2, -0.15) is 0 Å². The molecule has 5 heteroatoms. The third kappa shape index (κ3) is 3.31. The van der Waals surface area contributed by atoms with Gasteiger partial charge in [0.1, 0.15) is 16.0 Å². The summed E-state index contributed by atoms with van der Waals surface area (Å²) in [5.41, 5.74) is 1.25. The van der Waals surface area contributed by atoms with Gasteiger partial charge in [-0.25, -0.2) is 9.78 Å². The van der Waals surface area contributed by atoms with Gasteiger partial charge in [-0.3, -0.25) is 0 Å². The van der Waals surface area contributed by atoms with Gasteiger partial charge in [-0.1, -0.05) is 51.1 Å². The maximum atomic E-state index is 11.5. The van der Waals surface area contributed by atoms with Crippen molar-refractivity contribution in [3.8, 4) is 0 Å². The number of methoxy groups -OCH3 is 1. The van der Waals surface area contributed by atoms with E-state index in [1.165, 1.54) is 11.3 Å². The van der Waals surface area contributed by atoms with Gasteiger partial charge >= 0.3 is 5.97 Å². The highest BCUT2D eigenvalue weighted by molar-refractivity contribution is 7.13. The van der Waals surface area contributed by atoms with Crippen LogP contribution in [0.1, 0.15) is 52.8 Å². The maximum Gasteiger partial charge on any atom is 0.347 e. The zero-order chi connectivity index (χ0) is 15.6. The second kappa shape index (κ2) is 5.95. The molecule has 0 saturated carbocycles. The van der Waals surface area contributed by atoms with E-state index in [2.05, 4.69) is 4.98 Å². The van der Waals surface area contributed by atoms with Crippen LogP contribution in [0.25, 0.3) is 0 Å². The Labute approximate surface area is 128 Å². The molecule has 0 radical (unpaired) electrons. The first kappa shape index (κ1) is 15.7. The number of hydrogen-bond acceptors (Lipinski definition) is 4. The molecule has 1 aromatic heterocycles. The molecule has 1 aromatic carbocycles. The van der Waals surface area contributed by atoms with Crippen LogP contribution >= 0.6 is 11.3 Å². The molecular weight excluding hydrogens is 286 g/mol. The summed E-state index contributed by atoms with van der Waals surface area (Å²) in [5.74, 6) is -0.938. The molecule has 0 aliphatic carbocycles. The molecule has 1 heterocycles. The lowest BCUT2D eigenvalue weighted by atomic mass is 9.91. The summed E-state index contributed by atoms with van der Waals surface area (Å²) in [6.45, 7) is 5.88. The second-order valence-corrected chi connectivity index (χ2v) is 6.84. The summed E-state index contributed by atoms with van der Waals surface area (Å²) in [7, 11) is 1.61. The van der Waals surface area contributed by atoms with Crippen molar-refractivity contribution in [1.82, 2.24) is 4.98 Å². The molecule has 0 saturated heterocycles. The summed E-state index contributed by atoms with van der Waals surface area (Å²) in [5, 5.41) is 10.1. The molecule has 0 bridgehead atoms. The van der Waals surface area contributed by atoms with Crippen molar-refractivity contribution in [2.75, 3.05) is 7.11 Å². The van der Waals surface area contributed by atoms with E-state index >= 15 is 0 Å². The van der Waals surface area contributed by atoms with Crippen molar-refractivity contribution in [2.45, 2.75) is 32.3 Å². The summed E-state index contributed by atoms with van der Waals surface area (Å²) >= 11 is 1.19. The molecule has 21 heavy (non-hydrogen) atoms. The minimum Gasteiger partial charge on any atom is -0.477 e. The first-order valence-corrected chi connectivity index (χ1v) is 7.48. The fourth-order valence-electron chi connectivity index (χ4n) is 2.11. The van der Waals surface area contributed by atoms with E-state index in [0.717, 1.165) is 5.56 Å². The minimum atomic E-state index is -0.938. The van der Waals surface area contributed by atoms with E-state index in [-0.39, 0.29) is 16.4 Å². The number of thiazole rings is 1. The highest BCUT2D eigenvalue weighted by Gasteiger charge is 2.29. The fraction of sp³-hybridized carbons (Fsp3) is 0.375. The Balaban J connectivity index is 2.51. The molecule has 1 N–H and O–H groups in total. The quantitative estimate of drug-likeness (QED) is 0.931. The Morgan fingerprint density at radius 1 is 1.29 bits per heavy atom. The van der Waals surface area contributed by atoms with Gasteiger partial charge in [0, 0.05) is 12.5 Å². The molecule has 2 aromatic rings. The Hall–Kier alpha value is -1.72. The average molecular weight is 305 g/mol. The molecular formula is C16H19NO3S. The Morgan fingerprint density at radius 3 is 2.33 bits per heavy atom. The second-order valence-electron chi connectivity index (χ2n) is 5.81. The molecule has 2 rings (SSSR count). The van der Waals surface area contributed by atoms with Gasteiger partial charge in [0.15, 0.2) is 0 Å². The van der Waals surface area contributed by atoms with Crippen molar-refractivity contribution in [3.63, 3.8) is 0 Å². The topological polar surface area (TPSA) is 59.4 Å². The van der Waals surface area contributed by atoms with Crippen LogP contribution < -0.4 is 0 Å². The highest BCUT2D eigenvalue weighted by atomic mass is 32.1. The van der Waals surface area contributed by atoms with Crippen LogP contribution in [0.3, 0.4) is 0 Å². The summed E-state index contributed by atoms with van der Waals surface area (Å²) in [4.78, 5) is 16.3. The maximum absolute atomic E-state index is 11.5. The van der Waals surface area contributed by atoms with Crippen LogP contribution in [0.15, 0.2) is 30.3 Å². The third-order valence-corrected chi connectivity index (χ3v) is 4.20. The SMILES string of the molecule is COC(c1ccccc1)c1nc(C(C)(C)C)c(C(=O)O)s1. The number of carbonyl (C=O) groups is 1. The van der Waals surface area contributed by atoms with E-state index in [4.69, 9.17) is 4.74 Å². The van der Waals surface area contributed by atoms with Crippen molar-refractivity contribution in [3.05, 3.63) is 51.5 Å². The average Bonchev–Trinajstić information content (AvgIpc) is 2.86. The number of benzene rings is 1. The molecule has 112 valence electrons. The van der Waals surface area contributed by atoms with E-state index in [9.17, 15) is 9.90 Å². The largest absolute Gasteiger partial charge is 0.477 e. The van der Waals surface area contributed by atoms with E-state index in [0.29, 0.717) is 10.7 Å². The summed E-state index contributed by atoms with van der Waals surface area (Å²) in [6, 6.07) is 9.69. The first-order valence-electron chi connectivity index (χ1n) is 6.67.